The molecule has 0 saturated carbocycles. The number of hydrogen-bond acceptors (Lipinski definition) is 6. The van der Waals surface area contributed by atoms with E-state index in [1.54, 1.807) is 0 Å². The maximum atomic E-state index is 12.7. The Morgan fingerprint density at radius 3 is 1.24 bits per heavy atom. The van der Waals surface area contributed by atoms with Crippen LogP contribution in [0.4, 0.5) is 0 Å². The smallest absolute Gasteiger partial charge is 0.306 e. The number of ether oxygens (including phenoxy) is 3. The molecule has 0 aliphatic heterocycles. The minimum absolute atomic E-state index is 0.0898. The van der Waals surface area contributed by atoms with Crippen molar-refractivity contribution in [1.82, 2.24) is 0 Å². The highest BCUT2D eigenvalue weighted by Crippen LogP contribution is 2.15. The number of esters is 3. The minimum atomic E-state index is -0.787. The summed E-state index contributed by atoms with van der Waals surface area (Å²) in [5.74, 6) is -0.928. The molecule has 0 aromatic heterocycles. The van der Waals surface area contributed by atoms with E-state index in [0.717, 1.165) is 116 Å². The van der Waals surface area contributed by atoms with E-state index in [9.17, 15) is 14.4 Å². The molecule has 6 nitrogen and oxygen atoms in total. The van der Waals surface area contributed by atoms with Gasteiger partial charge in [-0.3, -0.25) is 14.4 Å². The molecular weight excluding hydrogens is 721 g/mol. The van der Waals surface area contributed by atoms with Gasteiger partial charge >= 0.3 is 17.9 Å². The van der Waals surface area contributed by atoms with Crippen LogP contribution in [-0.4, -0.2) is 37.2 Å². The highest BCUT2D eigenvalue weighted by atomic mass is 16.6. The third kappa shape index (κ3) is 44.0. The van der Waals surface area contributed by atoms with Crippen molar-refractivity contribution in [3.05, 3.63) is 72.9 Å². The molecule has 1 atom stereocenters. The van der Waals surface area contributed by atoms with Gasteiger partial charge in [0.2, 0.25) is 0 Å². The Bertz CT molecular complexity index is 1110. The number of hydrogen-bond donors (Lipinski definition) is 0. The van der Waals surface area contributed by atoms with E-state index in [2.05, 4.69) is 75.5 Å². The SMILES string of the molecule is CC\C=C/C=C\C=C/C=C\CCCCCCCC(=O)OCC(COC(=O)CCCCCCC/C=C\C/C=C\CC)OC(=O)CCCCCCCCCCCCCCC. The second-order valence-corrected chi connectivity index (χ2v) is 15.7. The molecule has 0 bridgehead atoms. The zero-order valence-electron chi connectivity index (χ0n) is 37.8. The molecule has 0 saturated heterocycles. The average molecular weight is 809 g/mol. The fourth-order valence-corrected chi connectivity index (χ4v) is 6.49. The number of allylic oxidation sites excluding steroid dienone is 12. The van der Waals surface area contributed by atoms with Crippen LogP contribution in [-0.2, 0) is 28.6 Å². The monoisotopic (exact) mass is 809 g/mol. The highest BCUT2D eigenvalue weighted by Gasteiger charge is 2.19. The zero-order chi connectivity index (χ0) is 42.3. The van der Waals surface area contributed by atoms with Crippen molar-refractivity contribution in [2.24, 2.45) is 0 Å². The fourth-order valence-electron chi connectivity index (χ4n) is 6.49. The van der Waals surface area contributed by atoms with E-state index >= 15 is 0 Å². The molecule has 0 fully saturated rings. The summed E-state index contributed by atoms with van der Waals surface area (Å²) < 4.78 is 16.7. The van der Waals surface area contributed by atoms with Gasteiger partial charge in [-0.1, -0.05) is 209 Å². The summed E-state index contributed by atoms with van der Waals surface area (Å²) in [6.07, 6.45) is 57.4. The molecule has 0 radical (unpaired) electrons. The van der Waals surface area contributed by atoms with Crippen molar-refractivity contribution in [3.63, 3.8) is 0 Å². The van der Waals surface area contributed by atoms with Gasteiger partial charge in [0.05, 0.1) is 0 Å². The quantitative estimate of drug-likeness (QED) is 0.0201. The number of unbranched alkanes of at least 4 members (excludes halogenated alkanes) is 22. The first-order valence-electron chi connectivity index (χ1n) is 24.0. The lowest BCUT2D eigenvalue weighted by Crippen LogP contribution is -2.30. The number of rotatable bonds is 42. The van der Waals surface area contributed by atoms with Gasteiger partial charge in [0.1, 0.15) is 13.2 Å². The van der Waals surface area contributed by atoms with Crippen molar-refractivity contribution in [2.45, 2.75) is 226 Å². The summed E-state index contributed by atoms with van der Waals surface area (Å²) in [6.45, 7) is 6.35. The molecule has 1 unspecified atom stereocenters. The standard InChI is InChI=1S/C52H88O6/c1-4-7-10-13-16-19-22-25-26-28-30-33-36-39-42-45-51(54)57-48-49(47-56-50(53)44-41-38-35-32-29-24-21-18-15-12-9-6-3)58-52(55)46-43-40-37-34-31-27-23-20-17-14-11-8-5-2/h7,9-10,12-13,16,18-19,21-22,25-26,49H,4-6,8,11,14-15,17,20,23-24,27-48H2,1-3H3/b10-7-,12-9-,16-13-,21-18-,22-19-,26-25-. The minimum Gasteiger partial charge on any atom is -0.462 e. The molecule has 0 aromatic carbocycles. The van der Waals surface area contributed by atoms with Crippen molar-refractivity contribution >= 4 is 17.9 Å². The first-order chi connectivity index (χ1) is 28.5. The van der Waals surface area contributed by atoms with Crippen molar-refractivity contribution in [3.8, 4) is 0 Å². The van der Waals surface area contributed by atoms with Crippen LogP contribution in [0.25, 0.3) is 0 Å². The molecule has 6 heteroatoms. The second kappa shape index (κ2) is 46.5. The number of carbonyl (C=O) groups excluding carboxylic acids is 3. The Balaban J connectivity index is 4.43. The third-order valence-corrected chi connectivity index (χ3v) is 10.1. The molecule has 58 heavy (non-hydrogen) atoms. The Labute approximate surface area is 357 Å². The molecule has 0 aliphatic carbocycles. The summed E-state index contributed by atoms with van der Waals surface area (Å²) in [6, 6.07) is 0. The van der Waals surface area contributed by atoms with E-state index in [1.807, 2.05) is 18.2 Å². The Morgan fingerprint density at radius 2 is 0.759 bits per heavy atom. The van der Waals surface area contributed by atoms with Gasteiger partial charge in [-0.05, 0) is 64.2 Å². The third-order valence-electron chi connectivity index (χ3n) is 10.1. The van der Waals surface area contributed by atoms with Crippen molar-refractivity contribution in [2.75, 3.05) is 13.2 Å². The molecule has 0 N–H and O–H groups in total. The molecular formula is C52H88O6. The van der Waals surface area contributed by atoms with Crippen molar-refractivity contribution < 1.29 is 28.6 Å². The first kappa shape index (κ1) is 54.9. The first-order valence-corrected chi connectivity index (χ1v) is 24.0. The Kier molecular flexibility index (Phi) is 44.0. The van der Waals surface area contributed by atoms with E-state index in [4.69, 9.17) is 14.2 Å². The van der Waals surface area contributed by atoms with E-state index in [1.165, 1.54) is 64.2 Å². The van der Waals surface area contributed by atoms with Crippen LogP contribution in [0.3, 0.4) is 0 Å². The fraction of sp³-hybridized carbons (Fsp3) is 0.712. The summed E-state index contributed by atoms with van der Waals surface area (Å²) >= 11 is 0. The van der Waals surface area contributed by atoms with Crippen LogP contribution in [0.5, 0.6) is 0 Å². The van der Waals surface area contributed by atoms with Crippen molar-refractivity contribution in [1.29, 1.82) is 0 Å². The van der Waals surface area contributed by atoms with Gasteiger partial charge in [-0.25, -0.2) is 0 Å². The summed E-state index contributed by atoms with van der Waals surface area (Å²) in [7, 11) is 0. The number of carbonyl (C=O) groups is 3. The van der Waals surface area contributed by atoms with Crippen LogP contribution in [0, 0.1) is 0 Å². The normalized spacial score (nSPS) is 12.7. The predicted molar refractivity (Wildman–Crippen MR) is 247 cm³/mol. The van der Waals surface area contributed by atoms with Gasteiger partial charge < -0.3 is 14.2 Å². The largest absolute Gasteiger partial charge is 0.462 e. The summed E-state index contributed by atoms with van der Waals surface area (Å²) in [5, 5.41) is 0. The van der Waals surface area contributed by atoms with Gasteiger partial charge in [0, 0.05) is 19.3 Å². The predicted octanol–water partition coefficient (Wildman–Crippen LogP) is 15.5. The summed E-state index contributed by atoms with van der Waals surface area (Å²) in [4.78, 5) is 37.8. The van der Waals surface area contributed by atoms with E-state index in [-0.39, 0.29) is 31.1 Å². The topological polar surface area (TPSA) is 78.9 Å². The van der Waals surface area contributed by atoms with Gasteiger partial charge in [0.25, 0.3) is 0 Å². The molecule has 0 heterocycles. The molecule has 0 aromatic rings. The van der Waals surface area contributed by atoms with Crippen LogP contribution in [0.1, 0.15) is 220 Å². The Morgan fingerprint density at radius 1 is 0.379 bits per heavy atom. The van der Waals surface area contributed by atoms with E-state index < -0.39 is 6.10 Å². The maximum absolute atomic E-state index is 12.7. The molecule has 332 valence electrons. The van der Waals surface area contributed by atoms with Crippen LogP contribution in [0.2, 0.25) is 0 Å². The highest BCUT2D eigenvalue weighted by molar-refractivity contribution is 5.71. The molecule has 0 rings (SSSR count). The van der Waals surface area contributed by atoms with Gasteiger partial charge in [0.15, 0.2) is 6.10 Å². The molecule has 0 spiro atoms. The van der Waals surface area contributed by atoms with Gasteiger partial charge in [-0.2, -0.15) is 0 Å². The summed E-state index contributed by atoms with van der Waals surface area (Å²) in [5.41, 5.74) is 0. The van der Waals surface area contributed by atoms with Crippen LogP contribution < -0.4 is 0 Å². The zero-order valence-corrected chi connectivity index (χ0v) is 37.8. The molecule has 0 amide bonds. The lowest BCUT2D eigenvalue weighted by molar-refractivity contribution is -0.167. The Hall–Kier alpha value is -3.15. The van der Waals surface area contributed by atoms with E-state index in [0.29, 0.717) is 19.3 Å². The van der Waals surface area contributed by atoms with Gasteiger partial charge in [-0.15, -0.1) is 0 Å². The average Bonchev–Trinajstić information content (AvgIpc) is 3.22. The van der Waals surface area contributed by atoms with Crippen LogP contribution >= 0.6 is 0 Å². The molecule has 0 aliphatic rings. The lowest BCUT2D eigenvalue weighted by atomic mass is 10.0. The van der Waals surface area contributed by atoms with Crippen LogP contribution in [0.15, 0.2) is 72.9 Å². The maximum Gasteiger partial charge on any atom is 0.306 e. The second-order valence-electron chi connectivity index (χ2n) is 15.7. The lowest BCUT2D eigenvalue weighted by Gasteiger charge is -2.18.